The third-order valence-electron chi connectivity index (χ3n) is 3.96. The number of hydrogen-bond acceptors (Lipinski definition) is 4. The van der Waals surface area contributed by atoms with E-state index in [1.165, 1.54) is 18.4 Å². The number of hydrogen-bond donors (Lipinski definition) is 1. The minimum Gasteiger partial charge on any atom is -0.463 e. The summed E-state index contributed by atoms with van der Waals surface area (Å²) in [5, 5.41) is 3.40. The monoisotopic (exact) mass is 280 g/mol. The van der Waals surface area contributed by atoms with Gasteiger partial charge in [-0.15, -0.1) is 0 Å². The first-order valence-electron chi connectivity index (χ1n) is 7.77. The second kappa shape index (κ2) is 7.81. The van der Waals surface area contributed by atoms with Crippen LogP contribution >= 0.6 is 0 Å². The number of nitrogens with one attached hydrogen (secondary N) is 1. The van der Waals surface area contributed by atoms with E-state index in [0.717, 1.165) is 50.7 Å². The molecule has 0 amide bonds. The minimum atomic E-state index is 0.380. The number of furan rings is 1. The molecular formula is C16H28N2O2. The molecule has 1 aliphatic rings. The van der Waals surface area contributed by atoms with E-state index in [0.29, 0.717) is 6.10 Å². The van der Waals surface area contributed by atoms with Crippen molar-refractivity contribution < 1.29 is 9.15 Å². The highest BCUT2D eigenvalue weighted by molar-refractivity contribution is 5.20. The SMILES string of the molecule is CCCNCc1oc(CN2CCCC(OC)C2)cc1C. The largest absolute Gasteiger partial charge is 0.463 e. The van der Waals surface area contributed by atoms with Gasteiger partial charge in [0.15, 0.2) is 0 Å². The highest BCUT2D eigenvalue weighted by Gasteiger charge is 2.20. The molecule has 1 N–H and O–H groups in total. The lowest BCUT2D eigenvalue weighted by Gasteiger charge is -2.31. The van der Waals surface area contributed by atoms with Gasteiger partial charge in [-0.05, 0) is 50.9 Å². The molecular weight excluding hydrogens is 252 g/mol. The van der Waals surface area contributed by atoms with Gasteiger partial charge < -0.3 is 14.5 Å². The summed E-state index contributed by atoms with van der Waals surface area (Å²) >= 11 is 0. The average molecular weight is 280 g/mol. The molecule has 2 rings (SSSR count). The van der Waals surface area contributed by atoms with Gasteiger partial charge in [-0.1, -0.05) is 6.92 Å². The molecule has 1 aliphatic heterocycles. The predicted octanol–water partition coefficient (Wildman–Crippen LogP) is 2.70. The van der Waals surface area contributed by atoms with Crippen LogP contribution in [0.2, 0.25) is 0 Å². The van der Waals surface area contributed by atoms with Gasteiger partial charge in [0.1, 0.15) is 11.5 Å². The van der Waals surface area contributed by atoms with Gasteiger partial charge >= 0.3 is 0 Å². The fourth-order valence-corrected chi connectivity index (χ4v) is 2.79. The van der Waals surface area contributed by atoms with Crippen molar-refractivity contribution in [2.75, 3.05) is 26.7 Å². The molecule has 0 saturated carbocycles. The quantitative estimate of drug-likeness (QED) is 0.779. The van der Waals surface area contributed by atoms with Crippen molar-refractivity contribution >= 4 is 0 Å². The van der Waals surface area contributed by atoms with Gasteiger partial charge in [0.25, 0.3) is 0 Å². The van der Waals surface area contributed by atoms with Crippen LogP contribution in [0.3, 0.4) is 0 Å². The number of rotatable bonds is 7. The summed E-state index contributed by atoms with van der Waals surface area (Å²) in [7, 11) is 1.81. The lowest BCUT2D eigenvalue weighted by Crippen LogP contribution is -2.38. The van der Waals surface area contributed by atoms with Crippen LogP contribution in [0, 0.1) is 6.92 Å². The molecule has 1 aromatic heterocycles. The number of ether oxygens (including phenoxy) is 1. The normalized spacial score (nSPS) is 20.4. The van der Waals surface area contributed by atoms with Crippen molar-refractivity contribution in [3.8, 4) is 0 Å². The Balaban J connectivity index is 1.87. The van der Waals surface area contributed by atoms with E-state index in [2.05, 4.69) is 30.1 Å². The summed E-state index contributed by atoms with van der Waals surface area (Å²) in [6.45, 7) is 9.23. The maximum atomic E-state index is 5.99. The first-order valence-corrected chi connectivity index (χ1v) is 7.77. The Morgan fingerprint density at radius 3 is 3.10 bits per heavy atom. The van der Waals surface area contributed by atoms with E-state index < -0.39 is 0 Å². The molecule has 4 nitrogen and oxygen atoms in total. The molecule has 0 radical (unpaired) electrons. The van der Waals surface area contributed by atoms with Crippen LogP contribution < -0.4 is 5.32 Å². The lowest BCUT2D eigenvalue weighted by atomic mass is 10.1. The first kappa shape index (κ1) is 15.5. The molecule has 1 fully saturated rings. The number of likely N-dealkylation sites (tertiary alicyclic amines) is 1. The fourth-order valence-electron chi connectivity index (χ4n) is 2.79. The Bertz CT molecular complexity index is 403. The van der Waals surface area contributed by atoms with Crippen molar-refractivity contribution in [3.63, 3.8) is 0 Å². The van der Waals surface area contributed by atoms with E-state index in [4.69, 9.17) is 9.15 Å². The van der Waals surface area contributed by atoms with Crippen LogP contribution in [0.4, 0.5) is 0 Å². The third kappa shape index (κ3) is 4.33. The van der Waals surface area contributed by atoms with Crippen LogP contribution in [-0.2, 0) is 17.8 Å². The van der Waals surface area contributed by atoms with Crippen molar-refractivity contribution in [1.29, 1.82) is 0 Å². The van der Waals surface area contributed by atoms with Gasteiger partial charge in [0.2, 0.25) is 0 Å². The van der Waals surface area contributed by atoms with Crippen molar-refractivity contribution in [3.05, 3.63) is 23.2 Å². The van der Waals surface area contributed by atoms with E-state index in [1.807, 2.05) is 7.11 Å². The standard InChI is InChI=1S/C16H28N2O2/c1-4-7-17-10-16-13(2)9-15(20-16)12-18-8-5-6-14(11-18)19-3/h9,14,17H,4-8,10-12H2,1-3H3. The third-order valence-corrected chi connectivity index (χ3v) is 3.96. The van der Waals surface area contributed by atoms with Gasteiger partial charge in [-0.2, -0.15) is 0 Å². The highest BCUT2D eigenvalue weighted by Crippen LogP contribution is 2.19. The molecule has 1 saturated heterocycles. The van der Waals surface area contributed by atoms with Gasteiger partial charge in [0.05, 0.1) is 19.2 Å². The summed E-state index contributed by atoms with van der Waals surface area (Å²) in [6.07, 6.45) is 3.92. The molecule has 2 heterocycles. The van der Waals surface area contributed by atoms with Gasteiger partial charge in [-0.25, -0.2) is 0 Å². The van der Waals surface area contributed by atoms with Crippen LogP contribution in [0.1, 0.15) is 43.3 Å². The van der Waals surface area contributed by atoms with E-state index in [9.17, 15) is 0 Å². The molecule has 4 heteroatoms. The number of piperidine rings is 1. The summed E-state index contributed by atoms with van der Waals surface area (Å²) in [5.74, 6) is 2.15. The molecule has 1 unspecified atom stereocenters. The molecule has 1 atom stereocenters. The van der Waals surface area contributed by atoms with Crippen LogP contribution in [0.15, 0.2) is 10.5 Å². The number of nitrogens with zero attached hydrogens (tertiary/aromatic N) is 1. The summed E-state index contributed by atoms with van der Waals surface area (Å²) < 4.78 is 11.5. The second-order valence-corrected chi connectivity index (χ2v) is 5.73. The minimum absolute atomic E-state index is 0.380. The molecule has 114 valence electrons. The topological polar surface area (TPSA) is 37.6 Å². The Hall–Kier alpha value is -0.840. The van der Waals surface area contributed by atoms with E-state index in [1.54, 1.807) is 0 Å². The smallest absolute Gasteiger partial charge is 0.120 e. The van der Waals surface area contributed by atoms with Crippen molar-refractivity contribution in [2.24, 2.45) is 0 Å². The number of methoxy groups -OCH3 is 1. The Morgan fingerprint density at radius 1 is 1.50 bits per heavy atom. The van der Waals surface area contributed by atoms with Crippen molar-refractivity contribution in [2.45, 2.75) is 52.3 Å². The fraction of sp³-hybridized carbons (Fsp3) is 0.750. The number of aryl methyl sites for hydroxylation is 1. The van der Waals surface area contributed by atoms with E-state index in [-0.39, 0.29) is 0 Å². The summed E-state index contributed by atoms with van der Waals surface area (Å²) in [4.78, 5) is 2.43. The maximum Gasteiger partial charge on any atom is 0.120 e. The predicted molar refractivity (Wildman–Crippen MR) is 80.8 cm³/mol. The van der Waals surface area contributed by atoms with Crippen LogP contribution in [-0.4, -0.2) is 37.7 Å². The highest BCUT2D eigenvalue weighted by atomic mass is 16.5. The zero-order valence-electron chi connectivity index (χ0n) is 13.1. The van der Waals surface area contributed by atoms with Gasteiger partial charge in [0, 0.05) is 13.7 Å². The lowest BCUT2D eigenvalue weighted by molar-refractivity contribution is 0.0262. The molecule has 20 heavy (non-hydrogen) atoms. The van der Waals surface area contributed by atoms with Gasteiger partial charge in [-0.3, -0.25) is 4.90 Å². The Kier molecular flexibility index (Phi) is 6.07. The van der Waals surface area contributed by atoms with E-state index >= 15 is 0 Å². The molecule has 1 aromatic rings. The zero-order chi connectivity index (χ0) is 14.4. The van der Waals surface area contributed by atoms with Crippen LogP contribution in [0.25, 0.3) is 0 Å². The maximum absolute atomic E-state index is 5.99. The zero-order valence-corrected chi connectivity index (χ0v) is 13.1. The summed E-state index contributed by atoms with van der Waals surface area (Å²) in [6, 6.07) is 2.18. The Labute approximate surface area is 122 Å². The molecule has 0 spiro atoms. The Morgan fingerprint density at radius 2 is 2.35 bits per heavy atom. The molecule has 0 aromatic carbocycles. The summed E-state index contributed by atoms with van der Waals surface area (Å²) in [5.41, 5.74) is 1.25. The molecule has 0 bridgehead atoms. The first-order chi connectivity index (χ1) is 9.72. The average Bonchev–Trinajstić information content (AvgIpc) is 2.79. The van der Waals surface area contributed by atoms with Crippen molar-refractivity contribution in [1.82, 2.24) is 10.2 Å². The molecule has 0 aliphatic carbocycles. The van der Waals surface area contributed by atoms with Crippen LogP contribution in [0.5, 0.6) is 0 Å². The second-order valence-electron chi connectivity index (χ2n) is 5.73.